The Morgan fingerprint density at radius 3 is 2.42 bits per heavy atom. The smallest absolute Gasteiger partial charge is 0.355 e. The number of aliphatic hydroxyl groups excluding tert-OH is 5. The van der Waals surface area contributed by atoms with Gasteiger partial charge in [-0.3, -0.25) is 9.69 Å². The Kier molecular flexibility index (Phi) is 10.8. The molecule has 4 aromatic rings. The lowest BCUT2D eigenvalue weighted by Crippen LogP contribution is -2.67. The molecule has 2 aliphatic rings. The van der Waals surface area contributed by atoms with Crippen molar-refractivity contribution in [2.24, 2.45) is 0 Å². The van der Waals surface area contributed by atoms with Crippen molar-refractivity contribution in [1.82, 2.24) is 9.97 Å². The molecule has 0 aliphatic carbocycles. The maximum absolute atomic E-state index is 14.1. The highest BCUT2D eigenvalue weighted by Gasteiger charge is 2.56. The number of aliphatic hydroxyl groups is 6. The van der Waals surface area contributed by atoms with Crippen molar-refractivity contribution in [3.05, 3.63) is 107 Å². The summed E-state index contributed by atoms with van der Waals surface area (Å²) in [6.45, 7) is -1.15. The number of aromatic nitrogens is 2. The van der Waals surface area contributed by atoms with Crippen molar-refractivity contribution >= 4 is 23.6 Å². The lowest BCUT2D eigenvalue weighted by molar-refractivity contribution is -0.422. The van der Waals surface area contributed by atoms with Crippen LogP contribution in [0.4, 0.5) is 5.69 Å². The van der Waals surface area contributed by atoms with Crippen LogP contribution in [0, 0.1) is 0 Å². The Balaban J connectivity index is 1.37. The highest BCUT2D eigenvalue weighted by Crippen LogP contribution is 2.49. The van der Waals surface area contributed by atoms with Gasteiger partial charge in [0.25, 0.3) is 5.91 Å². The van der Waals surface area contributed by atoms with Crippen LogP contribution in [0.2, 0.25) is 0 Å². The number of anilines is 1. The molecular weight excluding hydrogens is 694 g/mol. The number of phenols is 2. The predicted octanol–water partition coefficient (Wildman–Crippen LogP) is 0.632. The minimum absolute atomic E-state index is 0.0153. The van der Waals surface area contributed by atoms with Gasteiger partial charge in [-0.1, -0.05) is 30.3 Å². The number of nitrogens with one attached hydrogen (secondary N) is 1. The van der Waals surface area contributed by atoms with Crippen molar-refractivity contribution < 1.29 is 65.0 Å². The van der Waals surface area contributed by atoms with Gasteiger partial charge < -0.3 is 60.4 Å². The topological polar surface area (TPSA) is 267 Å². The summed E-state index contributed by atoms with van der Waals surface area (Å²) < 4.78 is 10.6. The number of nitrogens with zero attached hydrogens (tertiary/aromatic N) is 2. The van der Waals surface area contributed by atoms with Crippen molar-refractivity contribution in [2.45, 2.75) is 68.2 Å². The first-order valence-electron chi connectivity index (χ1n) is 16.7. The third-order valence-electron chi connectivity index (χ3n) is 9.57. The molecule has 10 N–H and O–H groups in total. The SMILES string of the molecule is O=C(O)[C@H]1[C@@H](CCc2ccccc2CO)c2cc(O)c(O[C@]3(O)O[C@H](CO)[C@@H](O)[C@H](O)[C@H]3O)cc2N1C(=O)/C=C/c1ccc(O)c(Cc2cnc[nH]2)c1. The van der Waals surface area contributed by atoms with Crippen molar-refractivity contribution in [3.63, 3.8) is 0 Å². The van der Waals surface area contributed by atoms with Crippen LogP contribution in [0.15, 0.2) is 73.2 Å². The molecule has 0 bridgehead atoms. The molecule has 3 heterocycles. The van der Waals surface area contributed by atoms with Gasteiger partial charge >= 0.3 is 11.9 Å². The van der Waals surface area contributed by atoms with Crippen LogP contribution in [-0.4, -0.2) is 111 Å². The summed E-state index contributed by atoms with van der Waals surface area (Å²) in [5.41, 5.74) is 3.36. The summed E-state index contributed by atoms with van der Waals surface area (Å²) in [5.74, 6) is -7.41. The van der Waals surface area contributed by atoms with E-state index in [4.69, 9.17) is 9.47 Å². The largest absolute Gasteiger partial charge is 0.508 e. The van der Waals surface area contributed by atoms with Crippen molar-refractivity contribution in [1.29, 1.82) is 0 Å². The number of hydrogen-bond donors (Lipinski definition) is 10. The average molecular weight is 734 g/mol. The van der Waals surface area contributed by atoms with Gasteiger partial charge in [-0.15, -0.1) is 0 Å². The molecule has 1 amide bonds. The second-order valence-corrected chi connectivity index (χ2v) is 12.9. The maximum atomic E-state index is 14.1. The number of aryl methyl sites for hydroxylation is 1. The highest BCUT2D eigenvalue weighted by atomic mass is 16.8. The van der Waals surface area contributed by atoms with Crippen LogP contribution >= 0.6 is 0 Å². The van der Waals surface area contributed by atoms with E-state index in [0.29, 0.717) is 23.1 Å². The van der Waals surface area contributed by atoms with Crippen LogP contribution in [0.5, 0.6) is 17.2 Å². The number of phenolic OH excluding ortho intramolecular Hbond substituents is 2. The minimum Gasteiger partial charge on any atom is -0.508 e. The molecule has 3 aromatic carbocycles. The predicted molar refractivity (Wildman–Crippen MR) is 185 cm³/mol. The fourth-order valence-electron chi connectivity index (χ4n) is 6.83. The zero-order valence-electron chi connectivity index (χ0n) is 28.1. The zero-order chi connectivity index (χ0) is 38.0. The number of ether oxygens (including phenoxy) is 2. The number of aromatic hydroxyl groups is 2. The normalized spacial score (nSPS) is 25.4. The van der Waals surface area contributed by atoms with Crippen LogP contribution < -0.4 is 9.64 Å². The zero-order valence-corrected chi connectivity index (χ0v) is 28.1. The Morgan fingerprint density at radius 2 is 1.74 bits per heavy atom. The van der Waals surface area contributed by atoms with E-state index in [0.717, 1.165) is 34.4 Å². The quantitative estimate of drug-likeness (QED) is 0.0708. The number of carbonyl (C=O) groups excluding carboxylic acids is 1. The first-order valence-corrected chi connectivity index (χ1v) is 16.7. The van der Waals surface area contributed by atoms with E-state index in [1.807, 2.05) is 0 Å². The Hall–Kier alpha value is -5.33. The molecule has 280 valence electrons. The molecule has 16 heteroatoms. The highest BCUT2D eigenvalue weighted by molar-refractivity contribution is 6.09. The van der Waals surface area contributed by atoms with Crippen LogP contribution in [0.1, 0.15) is 45.8 Å². The number of carboxylic acids is 1. The van der Waals surface area contributed by atoms with Crippen molar-refractivity contribution in [3.8, 4) is 17.2 Å². The Labute approximate surface area is 302 Å². The van der Waals surface area contributed by atoms with Gasteiger partial charge in [-0.2, -0.15) is 0 Å². The molecule has 0 unspecified atom stereocenters. The summed E-state index contributed by atoms with van der Waals surface area (Å²) in [4.78, 5) is 35.0. The van der Waals surface area contributed by atoms with E-state index in [-0.39, 0.29) is 36.4 Å². The summed E-state index contributed by atoms with van der Waals surface area (Å²) in [6.07, 6.45) is -1.33. The molecule has 1 fully saturated rings. The molecule has 1 aromatic heterocycles. The Bertz CT molecular complexity index is 1980. The van der Waals surface area contributed by atoms with E-state index >= 15 is 0 Å². The number of imidazole rings is 1. The van der Waals surface area contributed by atoms with Gasteiger partial charge in [0.2, 0.25) is 0 Å². The number of benzene rings is 3. The summed E-state index contributed by atoms with van der Waals surface area (Å²) in [7, 11) is 0. The number of carbonyl (C=O) groups is 2. The molecule has 0 saturated carbocycles. The lowest BCUT2D eigenvalue weighted by Gasteiger charge is -2.44. The molecule has 1 saturated heterocycles. The molecule has 7 atom stereocenters. The number of hydrogen-bond acceptors (Lipinski definition) is 13. The molecule has 53 heavy (non-hydrogen) atoms. The molecule has 6 rings (SSSR count). The molecule has 0 spiro atoms. The fourth-order valence-corrected chi connectivity index (χ4v) is 6.83. The fraction of sp³-hybridized carbons (Fsp3) is 0.324. The van der Waals surface area contributed by atoms with Gasteiger partial charge in [0.05, 0.1) is 25.2 Å². The van der Waals surface area contributed by atoms with Gasteiger partial charge in [-0.05, 0) is 59.4 Å². The molecule has 16 nitrogen and oxygen atoms in total. The van der Waals surface area contributed by atoms with Gasteiger partial charge in [0.1, 0.15) is 30.1 Å². The third-order valence-corrected chi connectivity index (χ3v) is 9.57. The standard InChI is InChI=1S/C37H39N3O13/c41-16-21-4-2-1-3-20(21)7-8-24-25-13-28(44)29(52-37(51)35(48)34(47)33(46)30(17-42)53-37)14-26(25)40(32(24)36(49)50)31(45)10-6-19-5-9-27(43)22(11-19)12-23-15-38-18-39-23/h1-6,9-11,13-15,18,24,30,32-35,41-44,46-48,51H,7-8,12,16-17H2,(H,38,39)(H,49,50)/b10-6+/t24-,30+,32+,33+,34-,35+,37-/m0/s1. The van der Waals surface area contributed by atoms with E-state index in [1.54, 1.807) is 42.6 Å². The number of fused-ring (bicyclic) bond motifs is 1. The first kappa shape index (κ1) is 37.4. The van der Waals surface area contributed by atoms with Crippen LogP contribution in [0.3, 0.4) is 0 Å². The van der Waals surface area contributed by atoms with Crippen molar-refractivity contribution in [2.75, 3.05) is 11.5 Å². The van der Waals surface area contributed by atoms with Crippen LogP contribution in [-0.2, 0) is 33.8 Å². The van der Waals surface area contributed by atoms with E-state index in [9.17, 15) is 55.5 Å². The summed E-state index contributed by atoms with van der Waals surface area (Å²) >= 11 is 0. The first-order chi connectivity index (χ1) is 25.3. The second-order valence-electron chi connectivity index (χ2n) is 12.9. The van der Waals surface area contributed by atoms with E-state index in [2.05, 4.69) is 9.97 Å². The molecular formula is C37H39N3O13. The van der Waals surface area contributed by atoms with Crippen LogP contribution in [0.25, 0.3) is 6.08 Å². The number of rotatable bonds is 12. The van der Waals surface area contributed by atoms with E-state index in [1.165, 1.54) is 18.5 Å². The maximum Gasteiger partial charge on any atom is 0.355 e. The second kappa shape index (κ2) is 15.3. The Morgan fingerprint density at radius 1 is 0.981 bits per heavy atom. The van der Waals surface area contributed by atoms with Gasteiger partial charge in [-0.25, -0.2) is 9.78 Å². The monoisotopic (exact) mass is 733 g/mol. The third kappa shape index (κ3) is 7.47. The number of H-pyrrole nitrogens is 1. The molecule has 2 aliphatic heterocycles. The minimum atomic E-state index is -3.11. The summed E-state index contributed by atoms with van der Waals surface area (Å²) in [5, 5.41) is 93.7. The number of carboxylic acid groups (broad SMARTS) is 1. The number of aliphatic carboxylic acids is 1. The summed E-state index contributed by atoms with van der Waals surface area (Å²) in [6, 6.07) is 12.5. The van der Waals surface area contributed by atoms with E-state index < -0.39 is 72.3 Å². The molecule has 0 radical (unpaired) electrons. The average Bonchev–Trinajstić information content (AvgIpc) is 3.77. The number of aromatic amines is 1. The van der Waals surface area contributed by atoms with Gasteiger partial charge in [0.15, 0.2) is 17.6 Å². The lowest BCUT2D eigenvalue weighted by atomic mass is 9.87. The van der Waals surface area contributed by atoms with Gasteiger partial charge in [0, 0.05) is 41.9 Å². The number of amides is 1.